The second-order valence-corrected chi connectivity index (χ2v) is 7.56. The molecule has 0 fully saturated rings. The van der Waals surface area contributed by atoms with Crippen molar-refractivity contribution in [3.05, 3.63) is 60.2 Å². The Morgan fingerprint density at radius 2 is 1.62 bits per heavy atom. The molecular formula is C18H21NO4S. The minimum Gasteiger partial charge on any atom is -0.462 e. The maximum atomic E-state index is 13.0. The first-order valence-corrected chi connectivity index (χ1v) is 9.08. The Morgan fingerprint density at radius 3 is 2.17 bits per heavy atom. The van der Waals surface area contributed by atoms with E-state index in [0.717, 1.165) is 9.87 Å². The van der Waals surface area contributed by atoms with Crippen LogP contribution in [0.4, 0.5) is 5.69 Å². The van der Waals surface area contributed by atoms with Crippen LogP contribution in [0.2, 0.25) is 0 Å². The molecule has 2 aromatic carbocycles. The lowest BCUT2D eigenvalue weighted by Gasteiger charge is -2.24. The summed E-state index contributed by atoms with van der Waals surface area (Å²) >= 11 is 0. The van der Waals surface area contributed by atoms with E-state index in [9.17, 15) is 13.2 Å². The molecule has 24 heavy (non-hydrogen) atoms. The van der Waals surface area contributed by atoms with Crippen LogP contribution in [0.25, 0.3) is 0 Å². The summed E-state index contributed by atoms with van der Waals surface area (Å²) in [6, 6.07) is 15.0. The van der Waals surface area contributed by atoms with Crippen molar-refractivity contribution in [2.75, 3.05) is 10.8 Å². The van der Waals surface area contributed by atoms with Crippen LogP contribution in [0.5, 0.6) is 0 Å². The van der Waals surface area contributed by atoms with Crippen molar-refractivity contribution in [1.82, 2.24) is 0 Å². The van der Waals surface area contributed by atoms with E-state index in [1.54, 1.807) is 56.3 Å². The van der Waals surface area contributed by atoms with Crippen molar-refractivity contribution in [3.8, 4) is 0 Å². The number of benzene rings is 2. The van der Waals surface area contributed by atoms with Gasteiger partial charge in [0.1, 0.15) is 6.54 Å². The largest absolute Gasteiger partial charge is 0.462 e. The molecule has 0 aromatic heterocycles. The molecule has 6 heteroatoms. The van der Waals surface area contributed by atoms with Crippen LogP contribution in [0, 0.1) is 6.92 Å². The van der Waals surface area contributed by atoms with E-state index in [-0.39, 0.29) is 17.5 Å². The number of carbonyl (C=O) groups is 1. The first-order chi connectivity index (χ1) is 11.3. The lowest BCUT2D eigenvalue weighted by atomic mass is 10.2. The number of hydrogen-bond donors (Lipinski definition) is 0. The molecule has 0 atom stereocenters. The van der Waals surface area contributed by atoms with E-state index >= 15 is 0 Å². The van der Waals surface area contributed by atoms with Gasteiger partial charge in [-0.15, -0.1) is 0 Å². The molecule has 0 aliphatic heterocycles. The van der Waals surface area contributed by atoms with Crippen LogP contribution in [-0.2, 0) is 19.6 Å². The molecule has 0 radical (unpaired) electrons. The fourth-order valence-electron chi connectivity index (χ4n) is 2.16. The maximum absolute atomic E-state index is 13.0. The molecule has 5 nitrogen and oxygen atoms in total. The highest BCUT2D eigenvalue weighted by Crippen LogP contribution is 2.24. The standard InChI is InChI=1S/C18H21NO4S/c1-14(2)23-18(20)13-19(16-11-9-15(3)10-12-16)24(21,22)17-7-5-4-6-8-17/h4-12,14H,13H2,1-3H3. The molecule has 0 saturated heterocycles. The number of carbonyl (C=O) groups excluding carboxylic acids is 1. The van der Waals surface area contributed by atoms with Crippen molar-refractivity contribution >= 4 is 21.7 Å². The average molecular weight is 347 g/mol. The topological polar surface area (TPSA) is 63.7 Å². The maximum Gasteiger partial charge on any atom is 0.327 e. The molecule has 0 unspecified atom stereocenters. The van der Waals surface area contributed by atoms with Crippen molar-refractivity contribution < 1.29 is 17.9 Å². The van der Waals surface area contributed by atoms with E-state index in [1.807, 2.05) is 6.92 Å². The third-order valence-corrected chi connectivity index (χ3v) is 5.08. The molecule has 0 spiro atoms. The number of esters is 1. The van der Waals surface area contributed by atoms with Gasteiger partial charge in [-0.05, 0) is 45.0 Å². The zero-order valence-corrected chi connectivity index (χ0v) is 14.8. The van der Waals surface area contributed by atoms with Gasteiger partial charge in [0.2, 0.25) is 0 Å². The molecule has 0 aliphatic carbocycles. The number of rotatable bonds is 6. The van der Waals surface area contributed by atoms with Gasteiger partial charge in [-0.2, -0.15) is 0 Å². The van der Waals surface area contributed by atoms with Gasteiger partial charge >= 0.3 is 5.97 Å². The Kier molecular flexibility index (Phi) is 5.62. The number of anilines is 1. The third kappa shape index (κ3) is 4.35. The number of hydrogen-bond acceptors (Lipinski definition) is 4. The van der Waals surface area contributed by atoms with Crippen LogP contribution in [0.3, 0.4) is 0 Å². The number of sulfonamides is 1. The highest BCUT2D eigenvalue weighted by atomic mass is 32.2. The summed E-state index contributed by atoms with van der Waals surface area (Å²) < 4.78 is 32.1. The third-order valence-electron chi connectivity index (χ3n) is 3.29. The van der Waals surface area contributed by atoms with Gasteiger partial charge in [-0.3, -0.25) is 9.10 Å². The van der Waals surface area contributed by atoms with Gasteiger partial charge in [0.15, 0.2) is 0 Å². The smallest absolute Gasteiger partial charge is 0.327 e. The minimum atomic E-state index is -3.87. The van der Waals surface area contributed by atoms with E-state index < -0.39 is 16.0 Å². The molecular weight excluding hydrogens is 326 g/mol. The number of aryl methyl sites for hydroxylation is 1. The summed E-state index contributed by atoms with van der Waals surface area (Å²) in [6.45, 7) is 4.98. The fraction of sp³-hybridized carbons (Fsp3) is 0.278. The van der Waals surface area contributed by atoms with Crippen molar-refractivity contribution in [2.45, 2.75) is 31.8 Å². The van der Waals surface area contributed by atoms with Gasteiger partial charge in [-0.25, -0.2) is 8.42 Å². The summed E-state index contributed by atoms with van der Waals surface area (Å²) in [4.78, 5) is 12.2. The highest BCUT2D eigenvalue weighted by molar-refractivity contribution is 7.92. The Hall–Kier alpha value is -2.34. The van der Waals surface area contributed by atoms with E-state index in [1.165, 1.54) is 12.1 Å². The predicted octanol–water partition coefficient (Wildman–Crippen LogP) is 3.14. The van der Waals surface area contributed by atoms with Crippen molar-refractivity contribution in [2.24, 2.45) is 0 Å². The summed E-state index contributed by atoms with van der Waals surface area (Å²) in [5, 5.41) is 0. The quantitative estimate of drug-likeness (QED) is 0.753. The first-order valence-electron chi connectivity index (χ1n) is 7.64. The molecule has 0 N–H and O–H groups in total. The molecule has 0 amide bonds. The van der Waals surface area contributed by atoms with Crippen LogP contribution in [0.1, 0.15) is 19.4 Å². The molecule has 2 rings (SSSR count). The normalized spacial score (nSPS) is 11.3. The van der Waals surface area contributed by atoms with E-state index in [2.05, 4.69) is 0 Å². The van der Waals surface area contributed by atoms with Gasteiger partial charge in [0.05, 0.1) is 16.7 Å². The highest BCUT2D eigenvalue weighted by Gasteiger charge is 2.27. The lowest BCUT2D eigenvalue weighted by molar-refractivity contribution is -0.145. The molecule has 2 aromatic rings. The van der Waals surface area contributed by atoms with E-state index in [4.69, 9.17) is 4.74 Å². The molecule has 0 bridgehead atoms. The van der Waals surface area contributed by atoms with Crippen LogP contribution < -0.4 is 4.31 Å². The zero-order chi connectivity index (χ0) is 17.7. The Bertz CT molecular complexity index is 784. The second kappa shape index (κ2) is 7.49. The fourth-order valence-corrected chi connectivity index (χ4v) is 3.59. The number of ether oxygens (including phenoxy) is 1. The summed E-state index contributed by atoms with van der Waals surface area (Å²) in [5.74, 6) is -0.593. The zero-order valence-electron chi connectivity index (χ0n) is 14.0. The van der Waals surface area contributed by atoms with Crippen LogP contribution in [-0.4, -0.2) is 27.0 Å². The molecule has 0 saturated carbocycles. The summed E-state index contributed by atoms with van der Waals surface area (Å²) in [5.41, 5.74) is 1.42. The van der Waals surface area contributed by atoms with Crippen molar-refractivity contribution in [1.29, 1.82) is 0 Å². The summed E-state index contributed by atoms with van der Waals surface area (Å²) in [6.07, 6.45) is -0.309. The second-order valence-electron chi connectivity index (χ2n) is 5.70. The predicted molar refractivity (Wildman–Crippen MR) is 93.4 cm³/mol. The lowest BCUT2D eigenvalue weighted by Crippen LogP contribution is -2.37. The molecule has 0 aliphatic rings. The average Bonchev–Trinajstić information content (AvgIpc) is 2.54. The van der Waals surface area contributed by atoms with Gasteiger partial charge in [-0.1, -0.05) is 35.9 Å². The Labute approximate surface area is 142 Å². The van der Waals surface area contributed by atoms with E-state index in [0.29, 0.717) is 5.69 Å². The molecule has 0 heterocycles. The van der Waals surface area contributed by atoms with Crippen LogP contribution in [0.15, 0.2) is 59.5 Å². The Balaban J connectivity index is 2.42. The van der Waals surface area contributed by atoms with Gasteiger partial charge in [0.25, 0.3) is 10.0 Å². The van der Waals surface area contributed by atoms with Crippen molar-refractivity contribution in [3.63, 3.8) is 0 Å². The van der Waals surface area contributed by atoms with Gasteiger partial charge < -0.3 is 4.74 Å². The first kappa shape index (κ1) is 18.0. The molecule has 128 valence electrons. The summed E-state index contributed by atoms with van der Waals surface area (Å²) in [7, 11) is -3.87. The van der Waals surface area contributed by atoms with Gasteiger partial charge in [0, 0.05) is 0 Å². The number of nitrogens with zero attached hydrogens (tertiary/aromatic N) is 1. The minimum absolute atomic E-state index is 0.128. The SMILES string of the molecule is Cc1ccc(N(CC(=O)OC(C)C)S(=O)(=O)c2ccccc2)cc1. The van der Waals surface area contributed by atoms with Crippen LogP contribution >= 0.6 is 0 Å². The Morgan fingerprint density at radius 1 is 1.04 bits per heavy atom. The monoisotopic (exact) mass is 347 g/mol.